The van der Waals surface area contributed by atoms with E-state index in [1.165, 1.54) is 0 Å². The van der Waals surface area contributed by atoms with Gasteiger partial charge in [0.1, 0.15) is 6.04 Å². The molecule has 0 aliphatic heterocycles. The quantitative estimate of drug-likeness (QED) is 0.436. The van der Waals surface area contributed by atoms with Gasteiger partial charge in [-0.1, -0.05) is 6.92 Å². The summed E-state index contributed by atoms with van der Waals surface area (Å²) in [6.07, 6.45) is 1.89. The Morgan fingerprint density at radius 3 is 2.50 bits per heavy atom. The predicted molar refractivity (Wildman–Crippen MR) is 112 cm³/mol. The zero-order valence-corrected chi connectivity index (χ0v) is 16.5. The monoisotopic (exact) mass is 410 g/mol. The molecular weight excluding hydrogens is 388 g/mol. The van der Waals surface area contributed by atoms with Crippen LogP contribution in [0.2, 0.25) is 0 Å². The molecule has 0 aliphatic rings. The number of carbonyl (C=O) groups is 2. The number of rotatable bonds is 7. The Morgan fingerprint density at radius 1 is 1.17 bits per heavy atom. The summed E-state index contributed by atoms with van der Waals surface area (Å²) in [4.78, 5) is 41.8. The summed E-state index contributed by atoms with van der Waals surface area (Å²) in [7, 11) is 1.86. The lowest BCUT2D eigenvalue weighted by Crippen LogP contribution is -2.40. The van der Waals surface area contributed by atoms with Crippen LogP contribution in [0.5, 0.6) is 0 Å². The lowest BCUT2D eigenvalue weighted by molar-refractivity contribution is -0.139. The Balaban J connectivity index is 1.71. The largest absolute Gasteiger partial charge is 0.480 e. The molecule has 1 atom stereocenters. The van der Waals surface area contributed by atoms with Crippen molar-refractivity contribution in [2.24, 2.45) is 0 Å². The molecule has 11 nitrogen and oxygen atoms in total. The maximum absolute atomic E-state index is 12.2. The van der Waals surface area contributed by atoms with Crippen LogP contribution in [0.1, 0.15) is 29.4 Å². The van der Waals surface area contributed by atoms with E-state index >= 15 is 0 Å². The van der Waals surface area contributed by atoms with E-state index in [-0.39, 0.29) is 11.8 Å². The smallest absolute Gasteiger partial charge is 0.326 e. The maximum atomic E-state index is 12.2. The normalized spacial score (nSPS) is 11.8. The van der Waals surface area contributed by atoms with Gasteiger partial charge in [0.25, 0.3) is 5.91 Å². The molecule has 0 saturated carbocycles. The van der Waals surface area contributed by atoms with Gasteiger partial charge >= 0.3 is 5.97 Å². The van der Waals surface area contributed by atoms with Crippen LogP contribution >= 0.6 is 0 Å². The second kappa shape index (κ2) is 8.55. The van der Waals surface area contributed by atoms with E-state index in [9.17, 15) is 9.59 Å². The van der Waals surface area contributed by atoms with Crippen molar-refractivity contribution in [2.75, 3.05) is 23.4 Å². The average Bonchev–Trinajstić information content (AvgIpc) is 2.72. The van der Waals surface area contributed by atoms with Crippen molar-refractivity contribution in [2.45, 2.75) is 25.9 Å². The zero-order chi connectivity index (χ0) is 21.8. The molecule has 2 heterocycles. The van der Waals surface area contributed by atoms with E-state index in [4.69, 9.17) is 16.6 Å². The maximum Gasteiger partial charge on any atom is 0.326 e. The summed E-state index contributed by atoms with van der Waals surface area (Å²) in [5, 5.41) is 11.6. The zero-order valence-electron chi connectivity index (χ0n) is 16.5. The van der Waals surface area contributed by atoms with Crippen LogP contribution in [0.25, 0.3) is 11.2 Å². The first-order valence-corrected chi connectivity index (χ1v) is 9.18. The molecule has 6 N–H and O–H groups in total. The predicted octanol–water partition coefficient (Wildman–Crippen LogP) is 0.814. The van der Waals surface area contributed by atoms with E-state index in [0.29, 0.717) is 35.4 Å². The van der Waals surface area contributed by atoms with E-state index in [1.54, 1.807) is 37.4 Å². The number of benzene rings is 1. The number of carboxylic acids is 1. The highest BCUT2D eigenvalue weighted by atomic mass is 16.4. The van der Waals surface area contributed by atoms with Crippen molar-refractivity contribution in [3.05, 3.63) is 41.7 Å². The van der Waals surface area contributed by atoms with Gasteiger partial charge < -0.3 is 26.8 Å². The highest BCUT2D eigenvalue weighted by Crippen LogP contribution is 2.18. The molecule has 1 aromatic carbocycles. The van der Waals surface area contributed by atoms with Gasteiger partial charge in [-0.15, -0.1) is 0 Å². The first kappa shape index (κ1) is 20.7. The van der Waals surface area contributed by atoms with Crippen molar-refractivity contribution in [3.63, 3.8) is 0 Å². The van der Waals surface area contributed by atoms with Crippen molar-refractivity contribution in [3.8, 4) is 0 Å². The minimum Gasteiger partial charge on any atom is -0.480 e. The van der Waals surface area contributed by atoms with Crippen molar-refractivity contribution in [1.82, 2.24) is 25.3 Å². The second-order valence-corrected chi connectivity index (χ2v) is 6.68. The molecular formula is C19H22N8O3. The number of fused-ring (bicyclic) bond motifs is 1. The molecule has 0 fully saturated rings. The Labute approximate surface area is 172 Å². The first-order valence-electron chi connectivity index (χ1n) is 9.18. The molecule has 0 spiro atoms. The summed E-state index contributed by atoms with van der Waals surface area (Å²) in [5.74, 6) is -1.30. The third-order valence-corrected chi connectivity index (χ3v) is 4.48. The summed E-state index contributed by atoms with van der Waals surface area (Å²) >= 11 is 0. The van der Waals surface area contributed by atoms with Crippen molar-refractivity contribution < 1.29 is 14.7 Å². The number of aromatic nitrogens is 4. The Kier molecular flexibility index (Phi) is 5.90. The van der Waals surface area contributed by atoms with Crippen molar-refractivity contribution in [1.29, 1.82) is 0 Å². The van der Waals surface area contributed by atoms with E-state index < -0.39 is 17.9 Å². The third kappa shape index (κ3) is 4.51. The summed E-state index contributed by atoms with van der Waals surface area (Å²) in [6.45, 7) is 2.12. The van der Waals surface area contributed by atoms with Crippen molar-refractivity contribution >= 4 is 40.5 Å². The van der Waals surface area contributed by atoms with E-state index in [1.807, 2.05) is 11.9 Å². The standard InChI is InChI=1S/C19H22N8O3/c1-3-13(18(29)30)24-17(28)10-4-6-12(7-5-10)27(2)9-11-8-22-16-14(23-11)15(20)25-19(21)26-16/h4-8,13H,3,9H2,1-2H3,(H,24,28)(H,29,30)(H4,20,21,22,25,26). The number of nitrogen functional groups attached to an aromatic ring is 2. The van der Waals surface area contributed by atoms with Gasteiger partial charge in [0.15, 0.2) is 17.0 Å². The lowest BCUT2D eigenvalue weighted by atomic mass is 10.1. The van der Waals surface area contributed by atoms with Crippen LogP contribution in [0, 0.1) is 0 Å². The number of nitrogens with zero attached hydrogens (tertiary/aromatic N) is 5. The average molecular weight is 410 g/mol. The van der Waals surface area contributed by atoms with E-state index in [2.05, 4.69) is 25.3 Å². The second-order valence-electron chi connectivity index (χ2n) is 6.68. The van der Waals surface area contributed by atoms with E-state index in [0.717, 1.165) is 5.69 Å². The summed E-state index contributed by atoms with van der Waals surface area (Å²) < 4.78 is 0. The van der Waals surface area contributed by atoms with Gasteiger partial charge in [-0.25, -0.2) is 14.8 Å². The number of hydrogen-bond acceptors (Lipinski definition) is 9. The Hall–Kier alpha value is -4.02. The Morgan fingerprint density at radius 2 is 1.87 bits per heavy atom. The number of carboxylic acid groups (broad SMARTS) is 1. The van der Waals surface area contributed by atoms with Gasteiger partial charge in [0.05, 0.1) is 18.4 Å². The molecule has 30 heavy (non-hydrogen) atoms. The SMILES string of the molecule is CCC(NC(=O)c1ccc(N(C)Cc2cnc3nc(N)nc(N)c3n2)cc1)C(=O)O. The van der Waals surface area contributed by atoms with Crippen LogP contribution in [-0.4, -0.2) is 50.0 Å². The number of nitrogens with two attached hydrogens (primary N) is 2. The molecule has 3 aromatic rings. The molecule has 0 radical (unpaired) electrons. The highest BCUT2D eigenvalue weighted by Gasteiger charge is 2.18. The fourth-order valence-corrected chi connectivity index (χ4v) is 2.84. The number of hydrogen-bond donors (Lipinski definition) is 4. The van der Waals surface area contributed by atoms with Crippen LogP contribution < -0.4 is 21.7 Å². The minimum atomic E-state index is -1.06. The lowest BCUT2D eigenvalue weighted by Gasteiger charge is -2.19. The van der Waals surface area contributed by atoms with Gasteiger partial charge in [-0.2, -0.15) is 9.97 Å². The fraction of sp³-hybridized carbons (Fsp3) is 0.263. The number of aliphatic carboxylic acids is 1. The fourth-order valence-electron chi connectivity index (χ4n) is 2.84. The molecule has 0 bridgehead atoms. The minimum absolute atomic E-state index is 0.0388. The topological polar surface area (TPSA) is 173 Å². The molecule has 1 amide bonds. The molecule has 2 aromatic heterocycles. The molecule has 156 valence electrons. The first-order chi connectivity index (χ1) is 14.3. The molecule has 1 unspecified atom stereocenters. The molecule has 11 heteroatoms. The molecule has 0 aliphatic carbocycles. The van der Waals surface area contributed by atoms with Crippen LogP contribution in [0.15, 0.2) is 30.5 Å². The summed E-state index contributed by atoms with van der Waals surface area (Å²) in [5.41, 5.74) is 14.0. The number of nitrogens with one attached hydrogen (secondary N) is 1. The summed E-state index contributed by atoms with van der Waals surface area (Å²) in [6, 6.07) is 5.89. The van der Waals surface area contributed by atoms with Crippen LogP contribution in [0.3, 0.4) is 0 Å². The number of amides is 1. The number of anilines is 3. The third-order valence-electron chi connectivity index (χ3n) is 4.48. The van der Waals surface area contributed by atoms with Crippen LogP contribution in [-0.2, 0) is 11.3 Å². The van der Waals surface area contributed by atoms with Gasteiger partial charge in [-0.3, -0.25) is 4.79 Å². The van der Waals surface area contributed by atoms with Crippen LogP contribution in [0.4, 0.5) is 17.5 Å². The Bertz CT molecular complexity index is 1090. The molecule has 3 rings (SSSR count). The van der Waals surface area contributed by atoms with Gasteiger partial charge in [-0.05, 0) is 30.7 Å². The number of carbonyl (C=O) groups excluding carboxylic acids is 1. The van der Waals surface area contributed by atoms with Gasteiger partial charge in [0.2, 0.25) is 5.95 Å². The molecule has 0 saturated heterocycles. The highest BCUT2D eigenvalue weighted by molar-refractivity contribution is 5.96. The van der Waals surface area contributed by atoms with Gasteiger partial charge in [0, 0.05) is 18.3 Å².